The Balaban J connectivity index is 2.16. The van der Waals surface area contributed by atoms with Crippen molar-refractivity contribution in [3.63, 3.8) is 0 Å². The van der Waals surface area contributed by atoms with Gasteiger partial charge in [-0.2, -0.15) is 0 Å². The van der Waals surface area contributed by atoms with Crippen LogP contribution >= 0.6 is 0 Å². The summed E-state index contributed by atoms with van der Waals surface area (Å²) in [7, 11) is 0. The maximum absolute atomic E-state index is 11.3. The zero-order valence-corrected chi connectivity index (χ0v) is 9.27. The summed E-state index contributed by atoms with van der Waals surface area (Å²) in [6.07, 6.45) is 0. The minimum atomic E-state index is -0.554. The summed E-state index contributed by atoms with van der Waals surface area (Å²) in [6.45, 7) is 0.324. The molecule has 0 aliphatic carbocycles. The predicted octanol–water partition coefficient (Wildman–Crippen LogP) is -2.34. The van der Waals surface area contributed by atoms with Gasteiger partial charge in [0, 0.05) is 6.54 Å². The largest absolute Gasteiger partial charge is 0.394 e. The van der Waals surface area contributed by atoms with Crippen LogP contribution < -0.4 is 10.6 Å². The van der Waals surface area contributed by atoms with Gasteiger partial charge in [0.15, 0.2) is 0 Å². The van der Waals surface area contributed by atoms with Crippen LogP contribution in [0.15, 0.2) is 0 Å². The van der Waals surface area contributed by atoms with E-state index in [2.05, 4.69) is 10.6 Å². The van der Waals surface area contributed by atoms with E-state index in [1.807, 2.05) is 0 Å². The summed E-state index contributed by atoms with van der Waals surface area (Å²) >= 11 is 0. The molecule has 0 aromatic heterocycles. The van der Waals surface area contributed by atoms with Gasteiger partial charge in [-0.25, -0.2) is 4.79 Å². The fraction of sp³-hybridized carbons (Fsp3) is 0.667. The van der Waals surface area contributed by atoms with Gasteiger partial charge < -0.3 is 20.5 Å². The minimum Gasteiger partial charge on any atom is -0.394 e. The average Bonchev–Trinajstić information content (AvgIpc) is 2.60. The van der Waals surface area contributed by atoms with Crippen LogP contribution in [0.3, 0.4) is 0 Å². The van der Waals surface area contributed by atoms with Crippen LogP contribution in [0.5, 0.6) is 0 Å². The monoisotopic (exact) mass is 245 g/mol. The molecule has 1 aliphatic rings. The number of nitrogens with one attached hydrogen (secondary N) is 2. The molecule has 1 rings (SSSR count). The number of carbonyl (C=O) groups excluding carboxylic acids is 3. The normalized spacial score (nSPS) is 15.0. The molecule has 1 fully saturated rings. The van der Waals surface area contributed by atoms with E-state index in [9.17, 15) is 14.4 Å². The Morgan fingerprint density at radius 2 is 2.24 bits per heavy atom. The second-order valence-electron chi connectivity index (χ2n) is 3.32. The van der Waals surface area contributed by atoms with E-state index in [0.717, 1.165) is 4.90 Å². The number of carbonyl (C=O) groups is 3. The van der Waals surface area contributed by atoms with Gasteiger partial charge in [0.1, 0.15) is 6.54 Å². The van der Waals surface area contributed by atoms with Crippen molar-refractivity contribution in [3.05, 3.63) is 0 Å². The number of amides is 4. The Kier molecular flexibility index (Phi) is 5.37. The van der Waals surface area contributed by atoms with Gasteiger partial charge in [0.05, 0.1) is 26.4 Å². The third kappa shape index (κ3) is 4.37. The van der Waals surface area contributed by atoms with Crippen molar-refractivity contribution in [2.45, 2.75) is 0 Å². The Bertz CT molecular complexity index is 291. The van der Waals surface area contributed by atoms with Crippen molar-refractivity contribution in [1.82, 2.24) is 15.5 Å². The molecule has 8 nitrogen and oxygen atoms in total. The molecule has 4 amide bonds. The van der Waals surface area contributed by atoms with Gasteiger partial charge >= 0.3 is 6.03 Å². The van der Waals surface area contributed by atoms with Gasteiger partial charge in [-0.05, 0) is 0 Å². The Hall–Kier alpha value is -1.67. The number of ether oxygens (including phenoxy) is 1. The number of urea groups is 1. The number of rotatable bonds is 7. The van der Waals surface area contributed by atoms with Crippen LogP contribution in [-0.2, 0) is 14.3 Å². The molecule has 1 heterocycles. The SMILES string of the molecule is O=C(CN1C(=O)CNC1=O)NCCOCCO. The first-order chi connectivity index (χ1) is 8.15. The number of aliphatic hydroxyl groups excluding tert-OH is 1. The van der Waals surface area contributed by atoms with Crippen molar-refractivity contribution in [2.24, 2.45) is 0 Å². The second kappa shape index (κ2) is 6.81. The summed E-state index contributed by atoms with van der Waals surface area (Å²) in [5, 5.41) is 13.2. The molecule has 0 aromatic rings. The Morgan fingerprint density at radius 3 is 2.82 bits per heavy atom. The molecular formula is C9H15N3O5. The van der Waals surface area contributed by atoms with Crippen LogP contribution in [0, 0.1) is 0 Å². The van der Waals surface area contributed by atoms with E-state index in [-0.39, 0.29) is 39.5 Å². The quantitative estimate of drug-likeness (QED) is 0.344. The number of aliphatic hydroxyl groups is 1. The standard InChI is InChI=1S/C9H15N3O5/c13-2-4-17-3-1-10-7(14)6-12-8(15)5-11-9(12)16/h13H,1-6H2,(H,10,14)(H,11,16). The topological polar surface area (TPSA) is 108 Å². The second-order valence-corrected chi connectivity index (χ2v) is 3.32. The lowest BCUT2D eigenvalue weighted by Gasteiger charge is -2.12. The van der Waals surface area contributed by atoms with E-state index in [4.69, 9.17) is 9.84 Å². The maximum Gasteiger partial charge on any atom is 0.325 e. The zero-order valence-electron chi connectivity index (χ0n) is 9.27. The van der Waals surface area contributed by atoms with Crippen LogP contribution in [-0.4, -0.2) is 67.3 Å². The van der Waals surface area contributed by atoms with E-state index in [1.54, 1.807) is 0 Å². The van der Waals surface area contributed by atoms with Gasteiger partial charge in [0.2, 0.25) is 5.91 Å². The molecular weight excluding hydrogens is 230 g/mol. The molecule has 0 spiro atoms. The number of imide groups is 1. The van der Waals surface area contributed by atoms with Crippen molar-refractivity contribution >= 4 is 17.8 Å². The molecule has 0 bridgehead atoms. The molecule has 0 atom stereocenters. The minimum absolute atomic E-state index is 0.0638. The van der Waals surface area contributed by atoms with E-state index in [1.165, 1.54) is 0 Å². The van der Waals surface area contributed by atoms with Crippen molar-refractivity contribution in [2.75, 3.05) is 39.5 Å². The summed E-state index contributed by atoms with van der Waals surface area (Å²) in [6, 6.07) is -0.554. The third-order valence-electron chi connectivity index (χ3n) is 2.04. The predicted molar refractivity (Wildman–Crippen MR) is 56.0 cm³/mol. The van der Waals surface area contributed by atoms with Crippen LogP contribution in [0.25, 0.3) is 0 Å². The highest BCUT2D eigenvalue weighted by molar-refractivity contribution is 6.04. The molecule has 96 valence electrons. The first kappa shape index (κ1) is 13.4. The van der Waals surface area contributed by atoms with Gasteiger partial charge in [0.25, 0.3) is 5.91 Å². The van der Waals surface area contributed by atoms with E-state index in [0.29, 0.717) is 0 Å². The lowest BCUT2D eigenvalue weighted by molar-refractivity contribution is -0.130. The molecule has 3 N–H and O–H groups in total. The number of hydrogen-bond acceptors (Lipinski definition) is 5. The van der Waals surface area contributed by atoms with Gasteiger partial charge in [-0.3, -0.25) is 14.5 Å². The Labute approximate surface area is 97.9 Å². The first-order valence-corrected chi connectivity index (χ1v) is 5.18. The third-order valence-corrected chi connectivity index (χ3v) is 2.04. The van der Waals surface area contributed by atoms with E-state index >= 15 is 0 Å². The van der Waals surface area contributed by atoms with Crippen molar-refractivity contribution < 1.29 is 24.2 Å². The lowest BCUT2D eigenvalue weighted by Crippen LogP contribution is -2.41. The summed E-state index contributed by atoms with van der Waals surface area (Å²) in [5.41, 5.74) is 0. The number of hydrogen-bond donors (Lipinski definition) is 3. The smallest absolute Gasteiger partial charge is 0.325 e. The maximum atomic E-state index is 11.3. The highest BCUT2D eigenvalue weighted by Crippen LogP contribution is 1.97. The molecule has 0 radical (unpaired) electrons. The molecule has 0 aromatic carbocycles. The Morgan fingerprint density at radius 1 is 1.47 bits per heavy atom. The van der Waals surface area contributed by atoms with Crippen molar-refractivity contribution in [1.29, 1.82) is 0 Å². The summed E-state index contributed by atoms with van der Waals surface area (Å²) in [4.78, 5) is 34.4. The van der Waals surface area contributed by atoms with Gasteiger partial charge in [-0.15, -0.1) is 0 Å². The van der Waals surface area contributed by atoms with E-state index < -0.39 is 17.8 Å². The summed E-state index contributed by atoms with van der Waals surface area (Å²) < 4.78 is 4.92. The summed E-state index contributed by atoms with van der Waals surface area (Å²) in [5.74, 6) is -0.843. The molecule has 17 heavy (non-hydrogen) atoms. The molecule has 1 aliphatic heterocycles. The first-order valence-electron chi connectivity index (χ1n) is 5.18. The molecule has 8 heteroatoms. The van der Waals surface area contributed by atoms with Crippen LogP contribution in [0.2, 0.25) is 0 Å². The molecule has 1 saturated heterocycles. The van der Waals surface area contributed by atoms with Gasteiger partial charge in [-0.1, -0.05) is 0 Å². The van der Waals surface area contributed by atoms with Crippen LogP contribution in [0.1, 0.15) is 0 Å². The average molecular weight is 245 g/mol. The fourth-order valence-electron chi connectivity index (χ4n) is 1.24. The van der Waals surface area contributed by atoms with Crippen molar-refractivity contribution in [3.8, 4) is 0 Å². The highest BCUT2D eigenvalue weighted by Gasteiger charge is 2.29. The fourth-order valence-corrected chi connectivity index (χ4v) is 1.24. The molecule has 0 unspecified atom stereocenters. The highest BCUT2D eigenvalue weighted by atomic mass is 16.5. The number of nitrogens with zero attached hydrogens (tertiary/aromatic N) is 1. The lowest BCUT2D eigenvalue weighted by atomic mass is 10.5. The molecule has 0 saturated carbocycles. The zero-order chi connectivity index (χ0) is 12.7. The van der Waals surface area contributed by atoms with Crippen LogP contribution in [0.4, 0.5) is 4.79 Å².